The van der Waals surface area contributed by atoms with E-state index in [1.165, 1.54) is 4.70 Å². The van der Waals surface area contributed by atoms with E-state index in [2.05, 4.69) is 22.0 Å². The lowest BCUT2D eigenvalue weighted by molar-refractivity contribution is 1.13. The van der Waals surface area contributed by atoms with Crippen molar-refractivity contribution in [2.24, 2.45) is 0 Å². The maximum atomic E-state index is 6.22. The average molecular weight is 310 g/mol. The molecular weight excluding hydrogens is 303 g/mol. The molecule has 0 saturated heterocycles. The predicted octanol–water partition coefficient (Wildman–Crippen LogP) is 5.62. The molecule has 0 aliphatic carbocycles. The van der Waals surface area contributed by atoms with Gasteiger partial charge in [0.1, 0.15) is 0 Å². The molecule has 2 aromatic rings. The van der Waals surface area contributed by atoms with Gasteiger partial charge in [-0.15, -0.1) is 22.9 Å². The topological polar surface area (TPSA) is 0 Å². The molecule has 74 valence electrons. The minimum absolute atomic E-state index is 0.0290. The quantitative estimate of drug-likeness (QED) is 0.600. The van der Waals surface area contributed by atoms with Crippen molar-refractivity contribution in [2.45, 2.75) is 12.3 Å². The fraction of sp³-hybridized carbons (Fsp3) is 0.200. The Morgan fingerprint density at radius 3 is 2.79 bits per heavy atom. The van der Waals surface area contributed by atoms with Crippen molar-refractivity contribution >= 4 is 60.6 Å². The molecule has 1 unspecified atom stereocenters. The van der Waals surface area contributed by atoms with Gasteiger partial charge in [0, 0.05) is 19.4 Å². The van der Waals surface area contributed by atoms with Gasteiger partial charge in [0.15, 0.2) is 0 Å². The molecule has 14 heavy (non-hydrogen) atoms. The third-order valence-corrected chi connectivity index (χ3v) is 4.67. The van der Waals surface area contributed by atoms with Crippen LogP contribution < -0.4 is 0 Å². The molecule has 0 aliphatic heterocycles. The Kier molecular flexibility index (Phi) is 3.08. The van der Waals surface area contributed by atoms with Crippen LogP contribution in [-0.2, 0) is 0 Å². The van der Waals surface area contributed by atoms with E-state index in [-0.39, 0.29) is 5.38 Å². The van der Waals surface area contributed by atoms with E-state index < -0.39 is 0 Å². The Bertz CT molecular complexity index is 476. The molecule has 1 heterocycles. The number of hydrogen-bond donors (Lipinski definition) is 0. The summed E-state index contributed by atoms with van der Waals surface area (Å²) in [5.41, 5.74) is 0. The Hall–Kier alpha value is 0.240. The molecule has 4 heteroatoms. The van der Waals surface area contributed by atoms with E-state index >= 15 is 0 Å². The van der Waals surface area contributed by atoms with Crippen LogP contribution in [0, 0.1) is 0 Å². The molecule has 0 bridgehead atoms. The SMILES string of the molecule is CC(Cl)c1sc2cc(Br)ccc2c1Cl. The molecule has 0 fully saturated rings. The smallest absolute Gasteiger partial charge is 0.0665 e. The first-order chi connectivity index (χ1) is 6.59. The number of fused-ring (bicyclic) bond motifs is 1. The molecule has 0 aliphatic rings. The van der Waals surface area contributed by atoms with Crippen molar-refractivity contribution in [1.82, 2.24) is 0 Å². The Morgan fingerprint density at radius 2 is 2.14 bits per heavy atom. The second-order valence-corrected chi connectivity index (χ2v) is 6.07. The van der Waals surface area contributed by atoms with Crippen LogP contribution in [0.3, 0.4) is 0 Å². The van der Waals surface area contributed by atoms with Crippen molar-refractivity contribution in [3.8, 4) is 0 Å². The molecule has 0 saturated carbocycles. The fourth-order valence-electron chi connectivity index (χ4n) is 1.31. The van der Waals surface area contributed by atoms with Gasteiger partial charge in [0.05, 0.1) is 10.4 Å². The summed E-state index contributed by atoms with van der Waals surface area (Å²) in [6.45, 7) is 1.94. The van der Waals surface area contributed by atoms with Gasteiger partial charge in [-0.1, -0.05) is 33.6 Å². The predicted molar refractivity (Wildman–Crippen MR) is 68.8 cm³/mol. The lowest BCUT2D eigenvalue weighted by Gasteiger charge is -1.97. The van der Waals surface area contributed by atoms with Crippen LogP contribution in [-0.4, -0.2) is 0 Å². The Balaban J connectivity index is 2.73. The largest absolute Gasteiger partial charge is 0.137 e. The summed E-state index contributed by atoms with van der Waals surface area (Å²) in [5.74, 6) is 0. The molecule has 1 atom stereocenters. The molecule has 1 aromatic heterocycles. The zero-order chi connectivity index (χ0) is 10.3. The van der Waals surface area contributed by atoms with Crippen LogP contribution in [0.25, 0.3) is 10.1 Å². The van der Waals surface area contributed by atoms with Crippen molar-refractivity contribution in [2.75, 3.05) is 0 Å². The van der Waals surface area contributed by atoms with Crippen LogP contribution >= 0.6 is 50.5 Å². The molecule has 1 aromatic carbocycles. The maximum absolute atomic E-state index is 6.22. The maximum Gasteiger partial charge on any atom is 0.0665 e. The minimum atomic E-state index is -0.0290. The average Bonchev–Trinajstić information content (AvgIpc) is 2.43. The fourth-order valence-corrected chi connectivity index (χ4v) is 3.69. The summed E-state index contributed by atoms with van der Waals surface area (Å²) in [7, 11) is 0. The molecular formula is C10H7BrCl2S. The third kappa shape index (κ3) is 1.81. The summed E-state index contributed by atoms with van der Waals surface area (Å²) in [5, 5.41) is 1.85. The Morgan fingerprint density at radius 1 is 1.43 bits per heavy atom. The van der Waals surface area contributed by atoms with Crippen LogP contribution in [0.15, 0.2) is 22.7 Å². The first-order valence-corrected chi connectivity index (χ1v) is 6.53. The van der Waals surface area contributed by atoms with Crippen molar-refractivity contribution in [3.63, 3.8) is 0 Å². The lowest BCUT2D eigenvalue weighted by Crippen LogP contribution is -1.76. The van der Waals surface area contributed by atoms with Gasteiger partial charge in [-0.3, -0.25) is 0 Å². The van der Waals surface area contributed by atoms with Gasteiger partial charge in [-0.2, -0.15) is 0 Å². The van der Waals surface area contributed by atoms with E-state index in [0.717, 1.165) is 19.8 Å². The second kappa shape index (κ2) is 4.01. The van der Waals surface area contributed by atoms with Gasteiger partial charge >= 0.3 is 0 Å². The lowest BCUT2D eigenvalue weighted by atomic mass is 10.2. The number of rotatable bonds is 1. The van der Waals surface area contributed by atoms with Crippen LogP contribution in [0.4, 0.5) is 0 Å². The number of hydrogen-bond acceptors (Lipinski definition) is 1. The van der Waals surface area contributed by atoms with Crippen LogP contribution in [0.2, 0.25) is 5.02 Å². The highest BCUT2D eigenvalue weighted by molar-refractivity contribution is 9.10. The standard InChI is InChI=1S/C10H7BrCl2S/c1-5(12)10-9(13)7-3-2-6(11)4-8(7)14-10/h2-5H,1H3. The van der Waals surface area contributed by atoms with Gasteiger partial charge in [0.25, 0.3) is 0 Å². The van der Waals surface area contributed by atoms with Crippen LogP contribution in [0.1, 0.15) is 17.2 Å². The van der Waals surface area contributed by atoms with Gasteiger partial charge in [-0.05, 0) is 19.1 Å². The molecule has 0 nitrogen and oxygen atoms in total. The highest BCUT2D eigenvalue weighted by atomic mass is 79.9. The summed E-state index contributed by atoms with van der Waals surface area (Å²) >= 11 is 17.3. The third-order valence-electron chi connectivity index (χ3n) is 1.98. The summed E-state index contributed by atoms with van der Waals surface area (Å²) in [6.07, 6.45) is 0. The van der Waals surface area contributed by atoms with Crippen molar-refractivity contribution < 1.29 is 0 Å². The zero-order valence-corrected chi connectivity index (χ0v) is 11.3. The highest BCUT2D eigenvalue weighted by Crippen LogP contribution is 2.41. The second-order valence-electron chi connectivity index (χ2n) is 3.04. The van der Waals surface area contributed by atoms with Gasteiger partial charge in [-0.25, -0.2) is 0 Å². The molecule has 0 N–H and O–H groups in total. The summed E-state index contributed by atoms with van der Waals surface area (Å²) < 4.78 is 2.24. The number of alkyl halides is 1. The van der Waals surface area contributed by atoms with Crippen LogP contribution in [0.5, 0.6) is 0 Å². The number of benzene rings is 1. The van der Waals surface area contributed by atoms with E-state index in [9.17, 15) is 0 Å². The zero-order valence-electron chi connectivity index (χ0n) is 7.35. The monoisotopic (exact) mass is 308 g/mol. The molecule has 0 amide bonds. The summed E-state index contributed by atoms with van der Waals surface area (Å²) in [6, 6.07) is 6.07. The molecule has 0 radical (unpaired) electrons. The number of halogens is 3. The molecule has 0 spiro atoms. The van der Waals surface area contributed by atoms with E-state index in [1.807, 2.05) is 19.1 Å². The van der Waals surface area contributed by atoms with Gasteiger partial charge < -0.3 is 0 Å². The first-order valence-electron chi connectivity index (χ1n) is 4.11. The normalized spacial score (nSPS) is 13.4. The highest BCUT2D eigenvalue weighted by Gasteiger charge is 2.13. The van der Waals surface area contributed by atoms with Crippen molar-refractivity contribution in [1.29, 1.82) is 0 Å². The Labute approximate surface area is 105 Å². The van der Waals surface area contributed by atoms with Gasteiger partial charge in [0.2, 0.25) is 0 Å². The van der Waals surface area contributed by atoms with Crippen molar-refractivity contribution in [3.05, 3.63) is 32.6 Å². The van der Waals surface area contributed by atoms with E-state index in [4.69, 9.17) is 23.2 Å². The first kappa shape index (κ1) is 10.7. The molecule has 2 rings (SSSR count). The minimum Gasteiger partial charge on any atom is -0.137 e. The van der Waals surface area contributed by atoms with E-state index in [1.54, 1.807) is 11.3 Å². The number of thiophene rings is 1. The summed E-state index contributed by atoms with van der Waals surface area (Å²) in [4.78, 5) is 1.04. The van der Waals surface area contributed by atoms with E-state index in [0.29, 0.717) is 0 Å².